The average Bonchev–Trinajstić information content (AvgIpc) is 3.32. The van der Waals surface area contributed by atoms with Crippen LogP contribution in [-0.2, 0) is 4.79 Å². The number of hydrogen-bond acceptors (Lipinski definition) is 7. The highest BCUT2D eigenvalue weighted by Crippen LogP contribution is 2.29. The molecule has 0 radical (unpaired) electrons. The standard InChI is InChI=1S/C21H21N5O2S2/c1-4-28-15-6-7-16-18(10-15)30-20(23-16)24-19(27)11-29-21-25-22-12-26(21)17-8-5-13(2)9-14(17)3/h5-10,12H,4,11H2,1-3H3,(H,23,24,27). The van der Waals surface area contributed by atoms with Gasteiger partial charge in [-0.2, -0.15) is 0 Å². The molecule has 7 nitrogen and oxygen atoms in total. The number of hydrogen-bond donors (Lipinski definition) is 1. The molecule has 0 spiro atoms. The van der Waals surface area contributed by atoms with Gasteiger partial charge in [0.15, 0.2) is 10.3 Å². The van der Waals surface area contributed by atoms with Crippen molar-refractivity contribution in [1.29, 1.82) is 0 Å². The predicted molar refractivity (Wildman–Crippen MR) is 121 cm³/mol. The molecule has 9 heteroatoms. The Morgan fingerprint density at radius 3 is 2.90 bits per heavy atom. The number of carbonyl (C=O) groups excluding carboxylic acids is 1. The van der Waals surface area contributed by atoms with Gasteiger partial charge in [0.05, 0.1) is 28.3 Å². The van der Waals surface area contributed by atoms with Gasteiger partial charge in [-0.05, 0) is 50.6 Å². The summed E-state index contributed by atoms with van der Waals surface area (Å²) >= 11 is 2.77. The monoisotopic (exact) mass is 439 g/mol. The minimum Gasteiger partial charge on any atom is -0.494 e. The van der Waals surface area contributed by atoms with Crippen LogP contribution >= 0.6 is 23.1 Å². The fourth-order valence-corrected chi connectivity index (χ4v) is 4.70. The molecule has 4 aromatic rings. The van der Waals surface area contributed by atoms with Crippen molar-refractivity contribution in [1.82, 2.24) is 19.7 Å². The van der Waals surface area contributed by atoms with Gasteiger partial charge in [0.25, 0.3) is 0 Å². The summed E-state index contributed by atoms with van der Waals surface area (Å²) in [5.74, 6) is 0.871. The predicted octanol–water partition coefficient (Wildman–Crippen LogP) is 4.62. The van der Waals surface area contributed by atoms with Crippen molar-refractivity contribution >= 4 is 44.4 Å². The first-order valence-electron chi connectivity index (χ1n) is 9.47. The van der Waals surface area contributed by atoms with Crippen molar-refractivity contribution in [3.05, 3.63) is 53.9 Å². The number of aryl methyl sites for hydroxylation is 2. The molecule has 30 heavy (non-hydrogen) atoms. The number of aromatic nitrogens is 4. The minimum atomic E-state index is -0.140. The first-order valence-corrected chi connectivity index (χ1v) is 11.3. The second-order valence-corrected chi connectivity index (χ2v) is 8.67. The minimum absolute atomic E-state index is 0.140. The second kappa shape index (κ2) is 8.85. The van der Waals surface area contributed by atoms with Crippen molar-refractivity contribution < 1.29 is 9.53 Å². The summed E-state index contributed by atoms with van der Waals surface area (Å²) in [4.78, 5) is 16.9. The SMILES string of the molecule is CCOc1ccc2nc(NC(=O)CSc3nncn3-c3ccc(C)cc3C)sc2c1. The normalized spacial score (nSPS) is 11.0. The van der Waals surface area contributed by atoms with Crippen LogP contribution in [0.15, 0.2) is 47.9 Å². The average molecular weight is 440 g/mol. The van der Waals surface area contributed by atoms with Crippen LogP contribution in [0.25, 0.3) is 15.9 Å². The molecule has 2 aromatic carbocycles. The van der Waals surface area contributed by atoms with E-state index in [1.54, 1.807) is 6.33 Å². The lowest BCUT2D eigenvalue weighted by Crippen LogP contribution is -2.14. The van der Waals surface area contributed by atoms with E-state index >= 15 is 0 Å². The van der Waals surface area contributed by atoms with E-state index in [0.717, 1.165) is 27.2 Å². The lowest BCUT2D eigenvalue weighted by atomic mass is 10.1. The Labute approximate surface area is 182 Å². The molecule has 4 rings (SSSR count). The number of thioether (sulfide) groups is 1. The van der Waals surface area contributed by atoms with Crippen molar-refractivity contribution in [3.8, 4) is 11.4 Å². The first kappa shape index (κ1) is 20.4. The van der Waals surface area contributed by atoms with Gasteiger partial charge in [0, 0.05) is 0 Å². The number of thiazole rings is 1. The van der Waals surface area contributed by atoms with E-state index < -0.39 is 0 Å². The Morgan fingerprint density at radius 1 is 1.23 bits per heavy atom. The summed E-state index contributed by atoms with van der Waals surface area (Å²) < 4.78 is 8.39. The lowest BCUT2D eigenvalue weighted by molar-refractivity contribution is -0.113. The van der Waals surface area contributed by atoms with E-state index in [0.29, 0.717) is 16.9 Å². The van der Waals surface area contributed by atoms with Crippen molar-refractivity contribution in [3.63, 3.8) is 0 Å². The molecular weight excluding hydrogens is 418 g/mol. The van der Waals surface area contributed by atoms with Crippen LogP contribution in [0, 0.1) is 13.8 Å². The molecule has 0 saturated heterocycles. The largest absolute Gasteiger partial charge is 0.494 e. The maximum atomic E-state index is 12.5. The topological polar surface area (TPSA) is 81.9 Å². The summed E-state index contributed by atoms with van der Waals surface area (Å²) in [5.41, 5.74) is 4.16. The van der Waals surface area contributed by atoms with Crippen molar-refractivity contribution in [2.75, 3.05) is 17.7 Å². The lowest BCUT2D eigenvalue weighted by Gasteiger charge is -2.10. The van der Waals surface area contributed by atoms with Gasteiger partial charge >= 0.3 is 0 Å². The maximum Gasteiger partial charge on any atom is 0.236 e. The molecule has 0 saturated carbocycles. The highest BCUT2D eigenvalue weighted by Gasteiger charge is 2.13. The number of rotatable bonds is 7. The molecule has 154 valence electrons. The summed E-state index contributed by atoms with van der Waals surface area (Å²) in [6.45, 7) is 6.66. The maximum absolute atomic E-state index is 12.5. The zero-order valence-electron chi connectivity index (χ0n) is 16.9. The number of anilines is 1. The van der Waals surface area contributed by atoms with E-state index in [2.05, 4.69) is 33.5 Å². The third-order valence-corrected chi connectivity index (χ3v) is 6.25. The molecule has 0 aliphatic carbocycles. The van der Waals surface area contributed by atoms with Crippen LogP contribution in [0.4, 0.5) is 5.13 Å². The molecule has 0 fully saturated rings. The Hall–Kier alpha value is -2.91. The number of carbonyl (C=O) groups is 1. The molecular formula is C21H21N5O2S2. The van der Waals surface area contributed by atoms with Gasteiger partial charge < -0.3 is 10.1 Å². The van der Waals surface area contributed by atoms with Gasteiger partial charge in [0.1, 0.15) is 12.1 Å². The Bertz CT molecular complexity index is 1200. The summed E-state index contributed by atoms with van der Waals surface area (Å²) in [6, 6.07) is 11.9. The van der Waals surface area contributed by atoms with E-state index in [4.69, 9.17) is 4.74 Å². The Morgan fingerprint density at radius 2 is 2.10 bits per heavy atom. The smallest absolute Gasteiger partial charge is 0.236 e. The third-order valence-electron chi connectivity index (χ3n) is 4.38. The fourth-order valence-electron chi connectivity index (χ4n) is 3.06. The van der Waals surface area contributed by atoms with E-state index in [-0.39, 0.29) is 11.7 Å². The van der Waals surface area contributed by atoms with Gasteiger partial charge in [0.2, 0.25) is 5.91 Å². The van der Waals surface area contributed by atoms with Gasteiger partial charge in [-0.15, -0.1) is 10.2 Å². The first-order chi connectivity index (χ1) is 14.5. The fraction of sp³-hybridized carbons (Fsp3) is 0.238. The molecule has 0 aliphatic rings. The molecule has 0 bridgehead atoms. The quantitative estimate of drug-likeness (QED) is 0.423. The molecule has 0 aliphatic heterocycles. The second-order valence-electron chi connectivity index (χ2n) is 6.69. The van der Waals surface area contributed by atoms with Crippen LogP contribution in [0.3, 0.4) is 0 Å². The van der Waals surface area contributed by atoms with Crippen molar-refractivity contribution in [2.24, 2.45) is 0 Å². The van der Waals surface area contributed by atoms with Crippen LogP contribution in [0.5, 0.6) is 5.75 Å². The summed E-state index contributed by atoms with van der Waals surface area (Å²) in [5, 5.41) is 12.3. The Kier molecular flexibility index (Phi) is 6.01. The molecule has 1 N–H and O–H groups in total. The summed E-state index contributed by atoms with van der Waals surface area (Å²) in [7, 11) is 0. The molecule has 1 amide bonds. The van der Waals surface area contributed by atoms with Crippen LogP contribution in [0.2, 0.25) is 0 Å². The van der Waals surface area contributed by atoms with Crippen LogP contribution in [-0.4, -0.2) is 38.0 Å². The van der Waals surface area contributed by atoms with Crippen molar-refractivity contribution in [2.45, 2.75) is 25.9 Å². The number of nitrogens with zero attached hydrogens (tertiary/aromatic N) is 4. The van der Waals surface area contributed by atoms with E-state index in [1.807, 2.05) is 48.7 Å². The van der Waals surface area contributed by atoms with Crippen LogP contribution in [0.1, 0.15) is 18.1 Å². The zero-order valence-corrected chi connectivity index (χ0v) is 18.5. The van der Waals surface area contributed by atoms with Gasteiger partial charge in [-0.25, -0.2) is 4.98 Å². The number of ether oxygens (including phenoxy) is 1. The van der Waals surface area contributed by atoms with Gasteiger partial charge in [-0.3, -0.25) is 9.36 Å². The molecule has 0 unspecified atom stereocenters. The highest BCUT2D eigenvalue weighted by atomic mass is 32.2. The number of amides is 1. The molecule has 2 aromatic heterocycles. The van der Waals surface area contributed by atoms with E-state index in [1.165, 1.54) is 28.7 Å². The summed E-state index contributed by atoms with van der Waals surface area (Å²) in [6.07, 6.45) is 1.67. The Balaban J connectivity index is 1.42. The zero-order chi connectivity index (χ0) is 21.1. The van der Waals surface area contributed by atoms with Gasteiger partial charge in [-0.1, -0.05) is 40.8 Å². The number of nitrogens with one attached hydrogen (secondary N) is 1. The molecule has 0 atom stereocenters. The molecule has 2 heterocycles. The third kappa shape index (κ3) is 4.47. The number of benzene rings is 2. The van der Waals surface area contributed by atoms with Crippen LogP contribution < -0.4 is 10.1 Å². The van der Waals surface area contributed by atoms with E-state index in [9.17, 15) is 4.79 Å². The number of fused-ring (bicyclic) bond motifs is 1. The highest BCUT2D eigenvalue weighted by molar-refractivity contribution is 7.99.